The fourth-order valence-corrected chi connectivity index (χ4v) is 16.9. The van der Waals surface area contributed by atoms with Crippen LogP contribution in [0, 0.1) is 0 Å². The highest BCUT2D eigenvalue weighted by atomic mass is 28.4. The summed E-state index contributed by atoms with van der Waals surface area (Å²) in [6.45, 7) is 22.9. The molecule has 0 aromatic heterocycles. The molecule has 27 heavy (non-hydrogen) atoms. The van der Waals surface area contributed by atoms with Crippen molar-refractivity contribution in [3.05, 3.63) is 0 Å². The molecular weight excluding hydrogens is 366 g/mol. The van der Waals surface area contributed by atoms with Crippen LogP contribution in [-0.4, -0.2) is 51.3 Å². The lowest BCUT2D eigenvalue weighted by Gasteiger charge is -2.38. The largest absolute Gasteiger partial charge is 0.413 e. The minimum atomic E-state index is -1.64. The number of hydrogen-bond acceptors (Lipinski definition) is 3. The second kappa shape index (κ2) is 12.8. The molecule has 0 rings (SSSR count). The molecule has 0 amide bonds. The van der Waals surface area contributed by atoms with Crippen molar-refractivity contribution < 1.29 is 9.53 Å². The van der Waals surface area contributed by atoms with Crippen LogP contribution < -0.4 is 0 Å². The van der Waals surface area contributed by atoms with Gasteiger partial charge in [-0.3, -0.25) is 4.90 Å². The van der Waals surface area contributed by atoms with Gasteiger partial charge in [0, 0.05) is 26.8 Å². The van der Waals surface area contributed by atoms with Crippen molar-refractivity contribution >= 4 is 16.4 Å². The van der Waals surface area contributed by atoms with Crippen molar-refractivity contribution in [2.75, 3.05) is 13.1 Å². The van der Waals surface area contributed by atoms with Crippen LogP contribution in [0.3, 0.4) is 0 Å². The molecule has 0 fully saturated rings. The molecule has 0 saturated carbocycles. The van der Waals surface area contributed by atoms with Crippen LogP contribution >= 0.6 is 0 Å². The van der Waals surface area contributed by atoms with Gasteiger partial charge in [-0.05, 0) is 64.7 Å². The monoisotopic (exact) mass is 417 g/mol. The normalized spacial score (nSPS) is 16.6. The number of hydrogen-bond donors (Lipinski definition) is 1. The second-order valence-electron chi connectivity index (χ2n) is 10.9. The molecule has 0 aliphatic rings. The van der Waals surface area contributed by atoms with Gasteiger partial charge in [-0.1, -0.05) is 52.8 Å². The lowest BCUT2D eigenvalue weighted by atomic mass is 10.1. The highest BCUT2D eigenvalue weighted by Gasteiger charge is 2.37. The minimum Gasteiger partial charge on any atom is -0.413 e. The van der Waals surface area contributed by atoms with E-state index in [0.717, 1.165) is 38.8 Å². The van der Waals surface area contributed by atoms with Gasteiger partial charge in [0.15, 0.2) is 8.32 Å². The fourth-order valence-electron chi connectivity index (χ4n) is 4.38. The quantitative estimate of drug-likeness (QED) is 0.184. The maximum absolute atomic E-state index is 10.4. The molecule has 0 radical (unpaired) electrons. The third-order valence-corrected chi connectivity index (χ3v) is 14.6. The van der Waals surface area contributed by atoms with E-state index in [4.69, 9.17) is 4.43 Å². The van der Waals surface area contributed by atoms with Crippen molar-refractivity contribution in [3.63, 3.8) is 0 Å². The molecular formula is C22H51NO2Si2. The van der Waals surface area contributed by atoms with Crippen molar-refractivity contribution in [3.8, 4) is 0 Å². The zero-order chi connectivity index (χ0) is 21.1. The maximum Gasteiger partial charge on any atom is 0.187 e. The summed E-state index contributed by atoms with van der Waals surface area (Å²) in [5.74, 6) is 0. The molecule has 5 heteroatoms. The fraction of sp³-hybridized carbons (Fsp3) is 1.00. The minimum absolute atomic E-state index is 0.0211. The summed E-state index contributed by atoms with van der Waals surface area (Å²) in [5, 5.41) is 10.4. The first-order valence-corrected chi connectivity index (χ1v) is 18.0. The van der Waals surface area contributed by atoms with Gasteiger partial charge in [-0.2, -0.15) is 0 Å². The smallest absolute Gasteiger partial charge is 0.187 e. The van der Waals surface area contributed by atoms with Crippen LogP contribution in [-0.2, 0) is 4.43 Å². The number of unbranched alkanes of at least 4 members (excludes halogenated alkanes) is 3. The van der Waals surface area contributed by atoms with E-state index in [-0.39, 0.29) is 11.8 Å². The highest BCUT2D eigenvalue weighted by molar-refractivity contribution is 6.92. The Balaban J connectivity index is 4.30. The Morgan fingerprint density at radius 2 is 1.41 bits per heavy atom. The predicted octanol–water partition coefficient (Wildman–Crippen LogP) is 6.65. The number of rotatable bonds is 15. The lowest BCUT2D eigenvalue weighted by Crippen LogP contribution is -2.47. The van der Waals surface area contributed by atoms with Gasteiger partial charge in [0.25, 0.3) is 0 Å². The molecule has 2 atom stereocenters. The molecule has 0 aliphatic heterocycles. The summed E-state index contributed by atoms with van der Waals surface area (Å²) < 4.78 is 6.66. The van der Waals surface area contributed by atoms with Crippen LogP contribution in [0.2, 0.25) is 37.9 Å². The van der Waals surface area contributed by atoms with E-state index in [0.29, 0.717) is 0 Å². The van der Waals surface area contributed by atoms with E-state index in [2.05, 4.69) is 65.7 Å². The Labute approximate surface area is 173 Å². The Morgan fingerprint density at radius 1 is 0.889 bits per heavy atom. The van der Waals surface area contributed by atoms with E-state index in [1.165, 1.54) is 31.0 Å². The van der Waals surface area contributed by atoms with Crippen LogP contribution in [0.4, 0.5) is 0 Å². The van der Waals surface area contributed by atoms with Crippen LogP contribution in [0.15, 0.2) is 0 Å². The van der Waals surface area contributed by atoms with Crippen LogP contribution in [0.1, 0.15) is 79.6 Å². The molecule has 0 bridgehead atoms. The average Bonchev–Trinajstić information content (AvgIpc) is 2.46. The van der Waals surface area contributed by atoms with E-state index in [1.54, 1.807) is 0 Å². The first kappa shape index (κ1) is 27.3. The summed E-state index contributed by atoms with van der Waals surface area (Å²) in [5.41, 5.74) is 1.34. The second-order valence-corrected chi connectivity index (χ2v) is 21.0. The first-order valence-electron chi connectivity index (χ1n) is 11.4. The van der Waals surface area contributed by atoms with Gasteiger partial charge in [0.1, 0.15) is 6.23 Å². The Kier molecular flexibility index (Phi) is 12.9. The highest BCUT2D eigenvalue weighted by Crippen LogP contribution is 2.31. The third-order valence-electron chi connectivity index (χ3n) is 4.82. The summed E-state index contributed by atoms with van der Waals surface area (Å²) >= 11 is 0. The van der Waals surface area contributed by atoms with E-state index in [9.17, 15) is 5.11 Å². The van der Waals surface area contributed by atoms with Crippen molar-refractivity contribution in [1.82, 2.24) is 4.90 Å². The molecule has 0 heterocycles. The topological polar surface area (TPSA) is 32.7 Å². The van der Waals surface area contributed by atoms with Crippen molar-refractivity contribution in [1.29, 1.82) is 0 Å². The van der Waals surface area contributed by atoms with E-state index < -0.39 is 16.4 Å². The molecule has 1 N–H and O–H groups in total. The molecule has 0 spiro atoms. The number of nitrogens with zero attached hydrogens (tertiary/aromatic N) is 1. The van der Waals surface area contributed by atoms with Gasteiger partial charge in [-0.25, -0.2) is 0 Å². The Hall–Kier alpha value is 0.314. The first-order chi connectivity index (χ1) is 12.3. The standard InChI is InChI=1S/C22H51NO2Si2/c1-10-17-23(18-11-2)21(24)16-14-12-13-15-19-27(9,20-26(6,7)8)25-22(3,4)5/h21,24H,10-20H2,1-9H3. The molecule has 3 nitrogen and oxygen atoms in total. The van der Waals surface area contributed by atoms with Crippen molar-refractivity contribution in [2.24, 2.45) is 0 Å². The Bertz CT molecular complexity index is 355. The van der Waals surface area contributed by atoms with Crippen molar-refractivity contribution in [2.45, 2.75) is 129 Å². The zero-order valence-corrected chi connectivity index (χ0v) is 22.2. The van der Waals surface area contributed by atoms with Gasteiger partial charge < -0.3 is 9.53 Å². The molecule has 0 aromatic rings. The summed E-state index contributed by atoms with van der Waals surface area (Å²) in [6, 6.07) is 1.29. The summed E-state index contributed by atoms with van der Waals surface area (Å²) in [7, 11) is -2.75. The van der Waals surface area contributed by atoms with Crippen LogP contribution in [0.25, 0.3) is 0 Å². The summed E-state index contributed by atoms with van der Waals surface area (Å²) in [6.07, 6.45) is 7.83. The molecule has 0 aliphatic carbocycles. The third kappa shape index (κ3) is 14.9. The van der Waals surface area contributed by atoms with E-state index in [1.807, 2.05) is 0 Å². The molecule has 0 aromatic carbocycles. The van der Waals surface area contributed by atoms with Gasteiger partial charge in [0.2, 0.25) is 0 Å². The van der Waals surface area contributed by atoms with Crippen LogP contribution in [0.5, 0.6) is 0 Å². The molecule has 0 saturated heterocycles. The maximum atomic E-state index is 10.4. The number of aliphatic hydroxyl groups excluding tert-OH is 1. The number of aliphatic hydroxyl groups is 1. The van der Waals surface area contributed by atoms with Gasteiger partial charge in [-0.15, -0.1) is 0 Å². The van der Waals surface area contributed by atoms with E-state index >= 15 is 0 Å². The predicted molar refractivity (Wildman–Crippen MR) is 127 cm³/mol. The van der Waals surface area contributed by atoms with Gasteiger partial charge in [0.05, 0.1) is 0 Å². The molecule has 164 valence electrons. The lowest BCUT2D eigenvalue weighted by molar-refractivity contribution is -0.00409. The summed E-state index contributed by atoms with van der Waals surface area (Å²) in [4.78, 5) is 2.25. The van der Waals surface area contributed by atoms with Gasteiger partial charge >= 0.3 is 0 Å². The average molecular weight is 418 g/mol. The Morgan fingerprint density at radius 3 is 1.85 bits per heavy atom. The SMILES string of the molecule is CCCN(CCC)C(O)CCCCCC[Si](C)(C[Si](C)(C)C)OC(C)(C)C. The molecule has 2 unspecified atom stereocenters. The zero-order valence-electron chi connectivity index (χ0n) is 20.2.